The fourth-order valence-corrected chi connectivity index (χ4v) is 1.71. The van der Waals surface area contributed by atoms with Crippen molar-refractivity contribution in [3.05, 3.63) is 0 Å². The van der Waals surface area contributed by atoms with E-state index < -0.39 is 0 Å². The lowest BCUT2D eigenvalue weighted by atomic mass is 10.0. The first-order valence-corrected chi connectivity index (χ1v) is 4.14. The zero-order chi connectivity index (χ0) is 7.56. The number of thiol groups is 1. The molecule has 0 radical (unpaired) electrons. The Balaban J connectivity index is 2.52. The third-order valence-electron chi connectivity index (χ3n) is 1.85. The van der Waals surface area contributed by atoms with E-state index in [-0.39, 0.29) is 0 Å². The SMILES string of the molecule is CN=C1NCC(S)CC1C. The molecule has 0 amide bonds. The molecule has 0 saturated carbocycles. The molecule has 0 bridgehead atoms. The van der Waals surface area contributed by atoms with Crippen LogP contribution in [0.1, 0.15) is 13.3 Å². The van der Waals surface area contributed by atoms with Crippen LogP contribution in [-0.4, -0.2) is 24.7 Å². The first kappa shape index (κ1) is 7.92. The van der Waals surface area contributed by atoms with Gasteiger partial charge in [0.15, 0.2) is 0 Å². The smallest absolute Gasteiger partial charge is 0.0988 e. The van der Waals surface area contributed by atoms with E-state index in [9.17, 15) is 0 Å². The third-order valence-corrected chi connectivity index (χ3v) is 2.25. The highest BCUT2D eigenvalue weighted by molar-refractivity contribution is 7.81. The van der Waals surface area contributed by atoms with Gasteiger partial charge in [-0.1, -0.05) is 6.92 Å². The van der Waals surface area contributed by atoms with Gasteiger partial charge >= 0.3 is 0 Å². The molecular formula is C7H14N2S. The number of piperidine rings is 1. The molecule has 0 aromatic rings. The second kappa shape index (κ2) is 3.28. The van der Waals surface area contributed by atoms with E-state index in [1.165, 1.54) is 0 Å². The van der Waals surface area contributed by atoms with Crippen molar-refractivity contribution in [3.63, 3.8) is 0 Å². The zero-order valence-electron chi connectivity index (χ0n) is 6.46. The van der Waals surface area contributed by atoms with Crippen LogP contribution in [0.5, 0.6) is 0 Å². The van der Waals surface area contributed by atoms with Crippen molar-refractivity contribution >= 4 is 18.5 Å². The third kappa shape index (κ3) is 1.66. The minimum Gasteiger partial charge on any atom is -0.373 e. The van der Waals surface area contributed by atoms with Crippen LogP contribution in [0.25, 0.3) is 0 Å². The van der Waals surface area contributed by atoms with Crippen LogP contribution in [0.2, 0.25) is 0 Å². The number of nitrogens with one attached hydrogen (secondary N) is 1. The number of amidine groups is 1. The van der Waals surface area contributed by atoms with Crippen molar-refractivity contribution in [2.24, 2.45) is 10.9 Å². The topological polar surface area (TPSA) is 24.4 Å². The van der Waals surface area contributed by atoms with E-state index in [4.69, 9.17) is 0 Å². The lowest BCUT2D eigenvalue weighted by Crippen LogP contribution is -2.41. The van der Waals surface area contributed by atoms with Crippen molar-refractivity contribution in [1.82, 2.24) is 5.32 Å². The molecule has 0 aromatic carbocycles. The Morgan fingerprint density at radius 3 is 2.90 bits per heavy atom. The predicted octanol–water partition coefficient (Wildman–Crippen LogP) is 0.942. The molecule has 1 saturated heterocycles. The predicted molar refractivity (Wildman–Crippen MR) is 47.9 cm³/mol. The molecule has 0 spiro atoms. The molecule has 0 aromatic heterocycles. The van der Waals surface area contributed by atoms with Crippen LogP contribution in [0.3, 0.4) is 0 Å². The summed E-state index contributed by atoms with van der Waals surface area (Å²) in [5.74, 6) is 1.69. The highest BCUT2D eigenvalue weighted by atomic mass is 32.1. The lowest BCUT2D eigenvalue weighted by Gasteiger charge is -2.26. The second-order valence-corrected chi connectivity index (χ2v) is 3.51. The molecule has 58 valence electrons. The van der Waals surface area contributed by atoms with Crippen molar-refractivity contribution in [2.45, 2.75) is 18.6 Å². The van der Waals surface area contributed by atoms with Gasteiger partial charge in [0, 0.05) is 24.8 Å². The highest BCUT2D eigenvalue weighted by Crippen LogP contribution is 2.15. The second-order valence-electron chi connectivity index (χ2n) is 2.78. The average molecular weight is 158 g/mol. The van der Waals surface area contributed by atoms with Crippen LogP contribution in [0.4, 0.5) is 0 Å². The highest BCUT2D eigenvalue weighted by Gasteiger charge is 2.19. The van der Waals surface area contributed by atoms with Gasteiger partial charge in [-0.05, 0) is 6.42 Å². The summed E-state index contributed by atoms with van der Waals surface area (Å²) in [6.07, 6.45) is 1.14. The maximum absolute atomic E-state index is 4.38. The molecule has 10 heavy (non-hydrogen) atoms. The first-order valence-electron chi connectivity index (χ1n) is 3.62. The van der Waals surface area contributed by atoms with Gasteiger partial charge < -0.3 is 5.32 Å². The number of hydrogen-bond acceptors (Lipinski definition) is 2. The Morgan fingerprint density at radius 2 is 2.40 bits per heavy atom. The molecular weight excluding hydrogens is 144 g/mol. The molecule has 1 heterocycles. The Hall–Kier alpha value is -0.180. The lowest BCUT2D eigenvalue weighted by molar-refractivity contribution is 0.573. The summed E-state index contributed by atoms with van der Waals surface area (Å²) in [5, 5.41) is 3.74. The molecule has 1 fully saturated rings. The Labute approximate surface area is 67.5 Å². The van der Waals surface area contributed by atoms with Gasteiger partial charge in [-0.2, -0.15) is 12.6 Å². The van der Waals surface area contributed by atoms with E-state index in [1.54, 1.807) is 0 Å². The van der Waals surface area contributed by atoms with E-state index in [0.717, 1.165) is 18.8 Å². The monoisotopic (exact) mass is 158 g/mol. The van der Waals surface area contributed by atoms with Gasteiger partial charge in [0.1, 0.15) is 0 Å². The zero-order valence-corrected chi connectivity index (χ0v) is 7.36. The van der Waals surface area contributed by atoms with Crippen LogP contribution in [0, 0.1) is 5.92 Å². The number of rotatable bonds is 0. The Morgan fingerprint density at radius 1 is 1.70 bits per heavy atom. The van der Waals surface area contributed by atoms with E-state index in [0.29, 0.717) is 11.2 Å². The number of nitrogens with zero attached hydrogens (tertiary/aromatic N) is 1. The number of hydrogen-bond donors (Lipinski definition) is 2. The van der Waals surface area contributed by atoms with Crippen LogP contribution < -0.4 is 5.32 Å². The molecule has 1 aliphatic heterocycles. The Kier molecular flexibility index (Phi) is 2.60. The molecule has 0 aliphatic carbocycles. The van der Waals surface area contributed by atoms with Gasteiger partial charge in [-0.15, -0.1) is 0 Å². The summed E-state index contributed by atoms with van der Waals surface area (Å²) in [6.45, 7) is 3.14. The van der Waals surface area contributed by atoms with Crippen LogP contribution >= 0.6 is 12.6 Å². The summed E-state index contributed by atoms with van der Waals surface area (Å²) < 4.78 is 0. The van der Waals surface area contributed by atoms with Gasteiger partial charge in [0.05, 0.1) is 5.84 Å². The standard InChI is InChI=1S/C7H14N2S/c1-5-3-6(10)4-9-7(5)8-2/h5-6,10H,3-4H2,1-2H3,(H,8,9). The normalized spacial score (nSPS) is 37.7. The summed E-state index contributed by atoms with van der Waals surface area (Å²) in [7, 11) is 1.83. The van der Waals surface area contributed by atoms with Crippen molar-refractivity contribution < 1.29 is 0 Å². The molecule has 1 N–H and O–H groups in total. The minimum atomic E-state index is 0.500. The first-order chi connectivity index (χ1) is 4.74. The maximum atomic E-state index is 4.38. The molecule has 2 unspecified atom stereocenters. The van der Waals surface area contributed by atoms with Crippen molar-refractivity contribution in [2.75, 3.05) is 13.6 Å². The van der Waals surface area contributed by atoms with E-state index in [2.05, 4.69) is 29.9 Å². The molecule has 2 nitrogen and oxygen atoms in total. The average Bonchev–Trinajstić information content (AvgIpc) is 1.88. The molecule has 2 atom stereocenters. The fourth-order valence-electron chi connectivity index (χ4n) is 1.30. The molecule has 1 aliphatic rings. The summed E-state index contributed by atoms with van der Waals surface area (Å²) >= 11 is 4.38. The van der Waals surface area contributed by atoms with Gasteiger partial charge in [0.25, 0.3) is 0 Å². The summed E-state index contributed by atoms with van der Waals surface area (Å²) in [6, 6.07) is 0. The minimum absolute atomic E-state index is 0.500. The summed E-state index contributed by atoms with van der Waals surface area (Å²) in [5.41, 5.74) is 0. The largest absolute Gasteiger partial charge is 0.373 e. The van der Waals surface area contributed by atoms with Gasteiger partial charge in [-0.3, -0.25) is 4.99 Å². The van der Waals surface area contributed by atoms with Crippen molar-refractivity contribution in [3.8, 4) is 0 Å². The molecule has 3 heteroatoms. The van der Waals surface area contributed by atoms with Crippen molar-refractivity contribution in [1.29, 1.82) is 0 Å². The summed E-state index contributed by atoms with van der Waals surface area (Å²) in [4.78, 5) is 4.13. The maximum Gasteiger partial charge on any atom is 0.0988 e. The van der Waals surface area contributed by atoms with E-state index in [1.807, 2.05) is 7.05 Å². The van der Waals surface area contributed by atoms with Crippen LogP contribution in [0.15, 0.2) is 4.99 Å². The fraction of sp³-hybridized carbons (Fsp3) is 0.857. The Bertz CT molecular complexity index is 145. The van der Waals surface area contributed by atoms with Gasteiger partial charge in [-0.25, -0.2) is 0 Å². The van der Waals surface area contributed by atoms with E-state index >= 15 is 0 Å². The van der Waals surface area contributed by atoms with Crippen LogP contribution in [-0.2, 0) is 0 Å². The number of aliphatic imine (C=N–C) groups is 1. The quantitative estimate of drug-likeness (QED) is 0.504. The molecule has 1 rings (SSSR count). The van der Waals surface area contributed by atoms with Gasteiger partial charge in [0.2, 0.25) is 0 Å².